The molecule has 1 unspecified atom stereocenters. The molecule has 4 heteroatoms. The summed E-state index contributed by atoms with van der Waals surface area (Å²) >= 11 is 3.99. The fraction of sp³-hybridized carbons (Fsp3) is 0.263. The van der Waals surface area contributed by atoms with Crippen molar-refractivity contribution in [2.24, 2.45) is 5.92 Å². The van der Waals surface area contributed by atoms with E-state index in [2.05, 4.69) is 12.6 Å². The van der Waals surface area contributed by atoms with Gasteiger partial charge in [0.25, 0.3) is 0 Å². The van der Waals surface area contributed by atoms with E-state index in [1.807, 2.05) is 60.7 Å². The van der Waals surface area contributed by atoms with E-state index in [1.165, 1.54) is 0 Å². The Balaban J connectivity index is 2.00. The minimum absolute atomic E-state index is 0.0501. The van der Waals surface area contributed by atoms with Gasteiger partial charge in [-0.25, -0.2) is 0 Å². The van der Waals surface area contributed by atoms with Crippen LogP contribution in [0, 0.1) is 5.92 Å². The van der Waals surface area contributed by atoms with Crippen LogP contribution >= 0.6 is 12.6 Å². The van der Waals surface area contributed by atoms with E-state index in [4.69, 9.17) is 4.74 Å². The molecule has 120 valence electrons. The van der Waals surface area contributed by atoms with Gasteiger partial charge in [0.05, 0.1) is 5.92 Å². The van der Waals surface area contributed by atoms with Crippen molar-refractivity contribution in [1.29, 1.82) is 0 Å². The molecule has 0 radical (unpaired) electrons. The molecule has 0 amide bonds. The average molecular weight is 328 g/mol. The molecule has 0 saturated carbocycles. The molecule has 0 fully saturated rings. The number of benzene rings is 2. The summed E-state index contributed by atoms with van der Waals surface area (Å²) in [5, 5.41) is 0. The van der Waals surface area contributed by atoms with Crippen molar-refractivity contribution in [3.63, 3.8) is 0 Å². The van der Waals surface area contributed by atoms with E-state index in [-0.39, 0.29) is 30.5 Å². The second-order valence-corrected chi connectivity index (χ2v) is 5.70. The molecule has 0 N–H and O–H groups in total. The Labute approximate surface area is 142 Å². The Bertz CT molecular complexity index is 626. The maximum atomic E-state index is 12.4. The van der Waals surface area contributed by atoms with Crippen molar-refractivity contribution in [3.05, 3.63) is 71.8 Å². The molecule has 2 aromatic carbocycles. The lowest BCUT2D eigenvalue weighted by Crippen LogP contribution is -2.23. The molecule has 0 heterocycles. The SMILES string of the molecule is O=C(CS)CC(Cc1ccccc1)C(=O)OCc1ccccc1. The molecule has 2 rings (SSSR count). The van der Waals surface area contributed by atoms with Crippen LogP contribution in [-0.4, -0.2) is 17.5 Å². The maximum absolute atomic E-state index is 12.4. The smallest absolute Gasteiger partial charge is 0.310 e. The molecule has 0 bridgehead atoms. The van der Waals surface area contributed by atoms with Crippen LogP contribution in [0.3, 0.4) is 0 Å². The number of hydrogen-bond donors (Lipinski definition) is 1. The van der Waals surface area contributed by atoms with Crippen LogP contribution in [0.5, 0.6) is 0 Å². The zero-order valence-electron chi connectivity index (χ0n) is 12.9. The van der Waals surface area contributed by atoms with E-state index < -0.39 is 5.92 Å². The van der Waals surface area contributed by atoms with Crippen LogP contribution in [0.4, 0.5) is 0 Å². The molecular weight excluding hydrogens is 308 g/mol. The number of rotatable bonds is 8. The first-order chi connectivity index (χ1) is 11.2. The highest BCUT2D eigenvalue weighted by Gasteiger charge is 2.23. The fourth-order valence-corrected chi connectivity index (χ4v) is 2.45. The number of Topliss-reactive ketones (excluding diaryl/α,β-unsaturated/α-hetero) is 1. The van der Waals surface area contributed by atoms with E-state index in [0.29, 0.717) is 6.42 Å². The molecule has 0 spiro atoms. The molecule has 0 aliphatic carbocycles. The zero-order valence-corrected chi connectivity index (χ0v) is 13.7. The van der Waals surface area contributed by atoms with Crippen LogP contribution < -0.4 is 0 Å². The van der Waals surface area contributed by atoms with Crippen LogP contribution in [0.15, 0.2) is 60.7 Å². The van der Waals surface area contributed by atoms with Crippen molar-refractivity contribution >= 4 is 24.4 Å². The maximum Gasteiger partial charge on any atom is 0.310 e. The normalized spacial score (nSPS) is 11.7. The highest BCUT2D eigenvalue weighted by Crippen LogP contribution is 2.16. The molecule has 0 aromatic heterocycles. The summed E-state index contributed by atoms with van der Waals surface area (Å²) in [6.45, 7) is 0.222. The lowest BCUT2D eigenvalue weighted by Gasteiger charge is -2.15. The van der Waals surface area contributed by atoms with Gasteiger partial charge in [-0.3, -0.25) is 9.59 Å². The Morgan fingerprint density at radius 2 is 1.48 bits per heavy atom. The largest absolute Gasteiger partial charge is 0.461 e. The van der Waals surface area contributed by atoms with Gasteiger partial charge in [-0.1, -0.05) is 60.7 Å². The van der Waals surface area contributed by atoms with E-state index >= 15 is 0 Å². The van der Waals surface area contributed by atoms with Crippen molar-refractivity contribution in [1.82, 2.24) is 0 Å². The Morgan fingerprint density at radius 1 is 0.913 bits per heavy atom. The quantitative estimate of drug-likeness (QED) is 0.596. The van der Waals surface area contributed by atoms with E-state index in [9.17, 15) is 9.59 Å². The minimum atomic E-state index is -0.472. The summed E-state index contributed by atoms with van der Waals surface area (Å²) in [5.74, 6) is -0.725. The Morgan fingerprint density at radius 3 is 2.04 bits per heavy atom. The zero-order chi connectivity index (χ0) is 16.5. The number of hydrogen-bond acceptors (Lipinski definition) is 4. The monoisotopic (exact) mass is 328 g/mol. The van der Waals surface area contributed by atoms with Gasteiger partial charge in [0.1, 0.15) is 12.4 Å². The lowest BCUT2D eigenvalue weighted by atomic mass is 9.94. The van der Waals surface area contributed by atoms with Crippen LogP contribution in [0.2, 0.25) is 0 Å². The van der Waals surface area contributed by atoms with Gasteiger partial charge in [-0.2, -0.15) is 12.6 Å². The van der Waals surface area contributed by atoms with Crippen LogP contribution in [0.1, 0.15) is 17.5 Å². The van der Waals surface area contributed by atoms with E-state index in [0.717, 1.165) is 11.1 Å². The topological polar surface area (TPSA) is 43.4 Å². The average Bonchev–Trinajstić information content (AvgIpc) is 2.60. The number of carbonyl (C=O) groups excluding carboxylic acids is 2. The first-order valence-corrected chi connectivity index (χ1v) is 8.19. The van der Waals surface area contributed by atoms with Crippen molar-refractivity contribution in [2.45, 2.75) is 19.4 Å². The van der Waals surface area contributed by atoms with Gasteiger partial charge >= 0.3 is 5.97 Å². The fourth-order valence-electron chi connectivity index (χ4n) is 2.32. The molecule has 2 aromatic rings. The number of carbonyl (C=O) groups is 2. The van der Waals surface area contributed by atoms with Crippen molar-refractivity contribution in [3.8, 4) is 0 Å². The third-order valence-electron chi connectivity index (χ3n) is 3.53. The number of thiol groups is 1. The summed E-state index contributed by atoms with van der Waals surface area (Å²) in [6.07, 6.45) is 0.653. The lowest BCUT2D eigenvalue weighted by molar-refractivity contribution is -0.151. The molecule has 3 nitrogen and oxygen atoms in total. The summed E-state index contributed by atoms with van der Waals surface area (Å²) in [5.41, 5.74) is 1.95. The third-order valence-corrected chi connectivity index (χ3v) is 3.89. The van der Waals surface area contributed by atoms with Gasteiger partial charge in [0.2, 0.25) is 0 Å². The first-order valence-electron chi connectivity index (χ1n) is 7.56. The van der Waals surface area contributed by atoms with Gasteiger partial charge in [-0.05, 0) is 17.5 Å². The summed E-state index contributed by atoms with van der Waals surface area (Å²) in [4.78, 5) is 24.1. The standard InChI is InChI=1S/C19H20O3S/c20-18(14-23)12-17(11-15-7-3-1-4-8-15)19(21)22-13-16-9-5-2-6-10-16/h1-10,17,23H,11-14H2. The predicted octanol–water partition coefficient (Wildman–Crippen LogP) is 3.48. The predicted molar refractivity (Wildman–Crippen MR) is 93.4 cm³/mol. The summed E-state index contributed by atoms with van der Waals surface area (Å²) in [6, 6.07) is 19.2. The number of esters is 1. The summed E-state index contributed by atoms with van der Waals surface area (Å²) in [7, 11) is 0. The van der Waals surface area contributed by atoms with Gasteiger partial charge in [0, 0.05) is 12.2 Å². The molecule has 0 aliphatic heterocycles. The highest BCUT2D eigenvalue weighted by molar-refractivity contribution is 7.81. The Hall–Kier alpha value is -2.07. The minimum Gasteiger partial charge on any atom is -0.461 e. The van der Waals surface area contributed by atoms with Crippen molar-refractivity contribution < 1.29 is 14.3 Å². The number of ether oxygens (including phenoxy) is 1. The highest BCUT2D eigenvalue weighted by atomic mass is 32.1. The Kier molecular flexibility index (Phi) is 6.88. The summed E-state index contributed by atoms with van der Waals surface area (Å²) < 4.78 is 5.39. The van der Waals surface area contributed by atoms with E-state index in [1.54, 1.807) is 0 Å². The molecular formula is C19H20O3S. The van der Waals surface area contributed by atoms with Gasteiger partial charge in [-0.15, -0.1) is 0 Å². The number of ketones is 1. The third kappa shape index (κ3) is 5.91. The second-order valence-electron chi connectivity index (χ2n) is 5.38. The molecule has 23 heavy (non-hydrogen) atoms. The first kappa shape index (κ1) is 17.3. The molecule has 0 saturated heterocycles. The van der Waals surface area contributed by atoms with Gasteiger partial charge in [0.15, 0.2) is 0 Å². The van der Waals surface area contributed by atoms with Crippen molar-refractivity contribution in [2.75, 3.05) is 5.75 Å². The molecule has 0 aliphatic rings. The second kappa shape index (κ2) is 9.16. The molecule has 1 atom stereocenters. The van der Waals surface area contributed by atoms with Crippen LogP contribution in [0.25, 0.3) is 0 Å². The van der Waals surface area contributed by atoms with Crippen LogP contribution in [-0.2, 0) is 27.4 Å². The van der Waals surface area contributed by atoms with Gasteiger partial charge < -0.3 is 4.74 Å².